The SMILES string of the molecule is Cc1ccc(/C=N\C2C3CCN(CC3)C2C(c2ccccc2)c2ccccc2)cc1. The van der Waals surface area contributed by atoms with E-state index < -0.39 is 0 Å². The predicted molar refractivity (Wildman–Crippen MR) is 125 cm³/mol. The zero-order chi connectivity index (χ0) is 20.3. The molecule has 2 nitrogen and oxygen atoms in total. The fourth-order valence-electron chi connectivity index (χ4n) is 5.40. The number of fused-ring (bicyclic) bond motifs is 3. The highest BCUT2D eigenvalue weighted by atomic mass is 15.2. The van der Waals surface area contributed by atoms with Crippen molar-refractivity contribution in [2.24, 2.45) is 10.9 Å². The maximum Gasteiger partial charge on any atom is 0.0693 e. The molecule has 0 aliphatic carbocycles. The van der Waals surface area contributed by atoms with E-state index in [4.69, 9.17) is 4.99 Å². The third-order valence-corrected chi connectivity index (χ3v) is 6.96. The van der Waals surface area contributed by atoms with Gasteiger partial charge in [-0.2, -0.15) is 0 Å². The minimum absolute atomic E-state index is 0.333. The minimum Gasteiger partial charge on any atom is -0.297 e. The molecule has 2 bridgehead atoms. The van der Waals surface area contributed by atoms with Crippen LogP contribution in [0, 0.1) is 12.8 Å². The van der Waals surface area contributed by atoms with Crippen molar-refractivity contribution in [3.8, 4) is 0 Å². The van der Waals surface area contributed by atoms with E-state index in [-0.39, 0.29) is 0 Å². The summed E-state index contributed by atoms with van der Waals surface area (Å²) >= 11 is 0. The smallest absolute Gasteiger partial charge is 0.0693 e. The zero-order valence-electron chi connectivity index (χ0n) is 17.7. The predicted octanol–water partition coefficient (Wildman–Crippen LogP) is 5.71. The normalized spacial score (nSPS) is 25.8. The summed E-state index contributed by atoms with van der Waals surface area (Å²) < 4.78 is 0. The molecule has 0 saturated carbocycles. The van der Waals surface area contributed by atoms with Crippen LogP contribution in [0.3, 0.4) is 0 Å². The molecule has 3 fully saturated rings. The molecule has 30 heavy (non-hydrogen) atoms. The first kappa shape index (κ1) is 19.3. The van der Waals surface area contributed by atoms with Crippen LogP contribution in [-0.4, -0.2) is 36.3 Å². The summed E-state index contributed by atoms with van der Waals surface area (Å²) in [5.74, 6) is 1.02. The second kappa shape index (κ2) is 8.57. The Kier molecular flexibility index (Phi) is 5.50. The molecular formula is C28H30N2. The van der Waals surface area contributed by atoms with E-state index in [1.807, 2.05) is 0 Å². The molecule has 6 rings (SSSR count). The molecule has 3 heterocycles. The summed E-state index contributed by atoms with van der Waals surface area (Å²) in [5, 5.41) is 0. The average molecular weight is 395 g/mol. The number of aliphatic imine (C=N–C) groups is 1. The minimum atomic E-state index is 0.333. The highest BCUT2D eigenvalue weighted by molar-refractivity contribution is 5.79. The van der Waals surface area contributed by atoms with Gasteiger partial charge >= 0.3 is 0 Å². The summed E-state index contributed by atoms with van der Waals surface area (Å²) in [6, 6.07) is 31.5. The van der Waals surface area contributed by atoms with Crippen LogP contribution in [0.1, 0.15) is 41.0 Å². The fourth-order valence-corrected chi connectivity index (χ4v) is 5.40. The summed E-state index contributed by atoms with van der Waals surface area (Å²) in [7, 11) is 0. The lowest BCUT2D eigenvalue weighted by molar-refractivity contribution is 0.0215. The van der Waals surface area contributed by atoms with Gasteiger partial charge in [0.15, 0.2) is 0 Å². The monoisotopic (exact) mass is 394 g/mol. The summed E-state index contributed by atoms with van der Waals surface area (Å²) in [6.07, 6.45) is 4.65. The van der Waals surface area contributed by atoms with Crippen molar-refractivity contribution in [2.45, 2.75) is 37.8 Å². The van der Waals surface area contributed by atoms with Crippen LogP contribution in [0.2, 0.25) is 0 Å². The molecule has 0 aromatic heterocycles. The van der Waals surface area contributed by atoms with Gasteiger partial charge in [0.2, 0.25) is 0 Å². The highest BCUT2D eigenvalue weighted by Crippen LogP contribution is 2.43. The third-order valence-electron chi connectivity index (χ3n) is 6.96. The van der Waals surface area contributed by atoms with Gasteiger partial charge in [0.05, 0.1) is 6.04 Å². The van der Waals surface area contributed by atoms with Crippen molar-refractivity contribution in [1.82, 2.24) is 4.90 Å². The van der Waals surface area contributed by atoms with Crippen molar-refractivity contribution in [1.29, 1.82) is 0 Å². The van der Waals surface area contributed by atoms with Gasteiger partial charge < -0.3 is 0 Å². The Morgan fingerprint density at radius 1 is 0.800 bits per heavy atom. The van der Waals surface area contributed by atoms with Crippen LogP contribution in [0.5, 0.6) is 0 Å². The number of benzene rings is 3. The van der Waals surface area contributed by atoms with E-state index in [0.29, 0.717) is 23.9 Å². The quantitative estimate of drug-likeness (QED) is 0.506. The molecule has 0 N–H and O–H groups in total. The van der Waals surface area contributed by atoms with E-state index in [1.165, 1.54) is 48.2 Å². The third kappa shape index (κ3) is 3.85. The number of nitrogens with zero attached hydrogens (tertiary/aromatic N) is 2. The summed E-state index contributed by atoms with van der Waals surface area (Å²) in [5.41, 5.74) is 5.29. The molecular weight excluding hydrogens is 364 g/mol. The maximum absolute atomic E-state index is 5.25. The van der Waals surface area contributed by atoms with Crippen LogP contribution < -0.4 is 0 Å². The lowest BCUT2D eigenvalue weighted by Crippen LogP contribution is -2.59. The molecule has 3 aromatic rings. The lowest BCUT2D eigenvalue weighted by atomic mass is 9.71. The Hall–Kier alpha value is -2.71. The Labute approximate surface area is 180 Å². The van der Waals surface area contributed by atoms with E-state index in [0.717, 1.165) is 0 Å². The molecule has 152 valence electrons. The van der Waals surface area contributed by atoms with Crippen LogP contribution in [0.25, 0.3) is 0 Å². The van der Waals surface area contributed by atoms with Crippen LogP contribution in [-0.2, 0) is 0 Å². The van der Waals surface area contributed by atoms with E-state index in [9.17, 15) is 0 Å². The first-order valence-electron chi connectivity index (χ1n) is 11.2. The molecule has 0 amide bonds. The van der Waals surface area contributed by atoms with Gasteiger partial charge in [-0.05, 0) is 55.5 Å². The molecule has 3 saturated heterocycles. The average Bonchev–Trinajstić information content (AvgIpc) is 2.82. The number of hydrogen-bond acceptors (Lipinski definition) is 2. The topological polar surface area (TPSA) is 15.6 Å². The fraction of sp³-hybridized carbons (Fsp3) is 0.321. The number of aryl methyl sites for hydroxylation is 1. The van der Waals surface area contributed by atoms with Crippen LogP contribution in [0.15, 0.2) is 89.9 Å². The van der Waals surface area contributed by atoms with Crippen molar-refractivity contribution >= 4 is 6.21 Å². The van der Waals surface area contributed by atoms with Crippen molar-refractivity contribution < 1.29 is 0 Å². The Bertz CT molecular complexity index is 931. The van der Waals surface area contributed by atoms with Crippen LogP contribution >= 0.6 is 0 Å². The molecule has 0 radical (unpaired) electrons. The van der Waals surface area contributed by atoms with E-state index in [1.54, 1.807) is 0 Å². The van der Waals surface area contributed by atoms with Gasteiger partial charge in [0.25, 0.3) is 0 Å². The Balaban J connectivity index is 1.54. The van der Waals surface area contributed by atoms with Gasteiger partial charge in [0, 0.05) is 18.2 Å². The van der Waals surface area contributed by atoms with Crippen molar-refractivity contribution in [3.63, 3.8) is 0 Å². The first-order chi connectivity index (χ1) is 14.8. The van der Waals surface area contributed by atoms with Crippen LogP contribution in [0.4, 0.5) is 0 Å². The highest BCUT2D eigenvalue weighted by Gasteiger charge is 2.46. The first-order valence-corrected chi connectivity index (χ1v) is 11.2. The Morgan fingerprint density at radius 3 is 1.93 bits per heavy atom. The number of hydrogen-bond donors (Lipinski definition) is 0. The molecule has 2 atom stereocenters. The molecule has 3 aromatic carbocycles. The standard InChI is InChI=1S/C28H30N2/c1-21-12-14-22(15-13-21)20-29-27-25-16-18-30(19-17-25)28(27)26(23-8-4-2-5-9-23)24-10-6-3-7-11-24/h2-15,20,25-28H,16-19H2,1H3/b29-20-. The number of piperidine rings is 3. The maximum atomic E-state index is 5.25. The van der Waals surface area contributed by atoms with E-state index in [2.05, 4.69) is 103 Å². The summed E-state index contributed by atoms with van der Waals surface area (Å²) in [6.45, 7) is 4.53. The molecule has 2 heteroatoms. The van der Waals surface area contributed by atoms with Gasteiger partial charge in [-0.15, -0.1) is 0 Å². The number of rotatable bonds is 5. The van der Waals surface area contributed by atoms with Gasteiger partial charge in [-0.3, -0.25) is 9.89 Å². The molecule has 2 unspecified atom stereocenters. The zero-order valence-corrected chi connectivity index (χ0v) is 17.7. The molecule has 0 spiro atoms. The lowest BCUT2D eigenvalue weighted by Gasteiger charge is -2.52. The summed E-state index contributed by atoms with van der Waals surface area (Å²) in [4.78, 5) is 7.96. The van der Waals surface area contributed by atoms with Crippen molar-refractivity contribution in [2.75, 3.05) is 13.1 Å². The largest absolute Gasteiger partial charge is 0.297 e. The second-order valence-corrected chi connectivity index (χ2v) is 8.84. The Morgan fingerprint density at radius 2 is 1.37 bits per heavy atom. The van der Waals surface area contributed by atoms with Gasteiger partial charge in [-0.1, -0.05) is 90.5 Å². The second-order valence-electron chi connectivity index (χ2n) is 8.84. The van der Waals surface area contributed by atoms with Gasteiger partial charge in [-0.25, -0.2) is 0 Å². The van der Waals surface area contributed by atoms with Gasteiger partial charge in [0.1, 0.15) is 0 Å². The van der Waals surface area contributed by atoms with Crippen molar-refractivity contribution in [3.05, 3.63) is 107 Å². The molecule has 3 aliphatic rings. The molecule has 3 aliphatic heterocycles. The van der Waals surface area contributed by atoms with E-state index >= 15 is 0 Å².